The second-order valence-electron chi connectivity index (χ2n) is 7.68. The van der Waals surface area contributed by atoms with Crippen molar-refractivity contribution in [1.29, 1.82) is 0 Å². The molecule has 3 nitrogen and oxygen atoms in total. The average molecular weight is 404 g/mol. The van der Waals surface area contributed by atoms with E-state index in [4.69, 9.17) is 5.11 Å². The lowest BCUT2D eigenvalue weighted by Gasteiger charge is -2.36. The summed E-state index contributed by atoms with van der Waals surface area (Å²) in [6.07, 6.45) is 0. The van der Waals surface area contributed by atoms with Crippen LogP contribution >= 0.6 is 11.8 Å². The van der Waals surface area contributed by atoms with Gasteiger partial charge in [-0.15, -0.1) is 11.8 Å². The standard InChI is InChI=1S/C25H25NO2S/c1-18-13-22(21-5-3-2-4-6-21)11-12-24(18)29-17-20-9-7-19(8-10-20)14-26-15-23(16-26)25(27)28/h2-13,23H,14-17H2,1H3,(H,27,28). The summed E-state index contributed by atoms with van der Waals surface area (Å²) in [6, 6.07) is 25.9. The normalized spacial score (nSPS) is 14.5. The van der Waals surface area contributed by atoms with Crippen molar-refractivity contribution < 1.29 is 9.90 Å². The molecule has 4 heteroatoms. The minimum Gasteiger partial charge on any atom is -0.481 e. The molecule has 0 spiro atoms. The number of benzene rings is 3. The summed E-state index contributed by atoms with van der Waals surface area (Å²) >= 11 is 1.87. The second kappa shape index (κ2) is 8.85. The van der Waals surface area contributed by atoms with Gasteiger partial charge in [-0.1, -0.05) is 66.7 Å². The predicted molar refractivity (Wildman–Crippen MR) is 119 cm³/mol. The highest BCUT2D eigenvalue weighted by Gasteiger charge is 2.32. The third-order valence-electron chi connectivity index (χ3n) is 5.41. The number of hydrogen-bond donors (Lipinski definition) is 1. The van der Waals surface area contributed by atoms with Crippen LogP contribution in [0, 0.1) is 12.8 Å². The Morgan fingerprint density at radius 1 is 0.966 bits per heavy atom. The van der Waals surface area contributed by atoms with Crippen molar-refractivity contribution in [3.05, 3.63) is 89.5 Å². The number of carbonyl (C=O) groups is 1. The highest BCUT2D eigenvalue weighted by atomic mass is 32.2. The molecular weight excluding hydrogens is 378 g/mol. The molecule has 1 aliphatic rings. The van der Waals surface area contributed by atoms with Gasteiger partial charge in [0.2, 0.25) is 0 Å². The molecule has 1 heterocycles. The number of rotatable bonds is 7. The van der Waals surface area contributed by atoms with Gasteiger partial charge in [0.1, 0.15) is 0 Å². The number of aliphatic carboxylic acids is 1. The van der Waals surface area contributed by atoms with Gasteiger partial charge in [-0.25, -0.2) is 0 Å². The molecular formula is C25H25NO2S. The zero-order chi connectivity index (χ0) is 20.2. The van der Waals surface area contributed by atoms with E-state index in [1.165, 1.54) is 32.7 Å². The first-order valence-electron chi connectivity index (χ1n) is 9.90. The lowest BCUT2D eigenvalue weighted by Crippen LogP contribution is -2.49. The number of hydrogen-bond acceptors (Lipinski definition) is 3. The van der Waals surface area contributed by atoms with E-state index in [0.717, 1.165) is 12.3 Å². The van der Waals surface area contributed by atoms with Crippen LogP contribution in [0.25, 0.3) is 11.1 Å². The maximum absolute atomic E-state index is 10.9. The van der Waals surface area contributed by atoms with E-state index in [1.807, 2.05) is 17.8 Å². The molecule has 1 aliphatic heterocycles. The molecule has 3 aromatic rings. The Labute approximate surface area is 176 Å². The van der Waals surface area contributed by atoms with E-state index in [1.54, 1.807) is 0 Å². The summed E-state index contributed by atoms with van der Waals surface area (Å²) in [6.45, 7) is 4.32. The van der Waals surface area contributed by atoms with E-state index < -0.39 is 5.97 Å². The monoisotopic (exact) mass is 403 g/mol. The molecule has 1 N–H and O–H groups in total. The molecule has 3 aromatic carbocycles. The van der Waals surface area contributed by atoms with Gasteiger partial charge in [-0.2, -0.15) is 0 Å². The van der Waals surface area contributed by atoms with Crippen LogP contribution in [0.1, 0.15) is 16.7 Å². The Balaban J connectivity index is 1.32. The van der Waals surface area contributed by atoms with Crippen LogP contribution in [0.5, 0.6) is 0 Å². The fourth-order valence-corrected chi connectivity index (χ4v) is 4.60. The molecule has 0 bridgehead atoms. The summed E-state index contributed by atoms with van der Waals surface area (Å²) in [5.74, 6) is 0.0688. The molecule has 1 saturated heterocycles. The number of carboxylic acid groups (broad SMARTS) is 1. The Morgan fingerprint density at radius 3 is 2.31 bits per heavy atom. The Hall–Kier alpha value is -2.56. The molecule has 1 fully saturated rings. The summed E-state index contributed by atoms with van der Waals surface area (Å²) in [5, 5.41) is 8.97. The molecule has 0 radical (unpaired) electrons. The topological polar surface area (TPSA) is 40.5 Å². The van der Waals surface area contributed by atoms with Gasteiger partial charge < -0.3 is 5.11 Å². The van der Waals surface area contributed by atoms with Gasteiger partial charge in [0, 0.05) is 30.3 Å². The lowest BCUT2D eigenvalue weighted by molar-refractivity contribution is -0.147. The number of thioether (sulfide) groups is 1. The number of likely N-dealkylation sites (tertiary alicyclic amines) is 1. The van der Waals surface area contributed by atoms with Crippen LogP contribution in [0.2, 0.25) is 0 Å². The third kappa shape index (κ3) is 4.89. The summed E-state index contributed by atoms with van der Waals surface area (Å²) < 4.78 is 0. The molecule has 4 rings (SSSR count). The van der Waals surface area contributed by atoms with Gasteiger partial charge in [0.25, 0.3) is 0 Å². The van der Waals surface area contributed by atoms with Crippen molar-refractivity contribution in [3.8, 4) is 11.1 Å². The van der Waals surface area contributed by atoms with E-state index in [2.05, 4.69) is 78.6 Å². The summed E-state index contributed by atoms with van der Waals surface area (Å²) in [4.78, 5) is 14.4. The van der Waals surface area contributed by atoms with Crippen LogP contribution in [0.4, 0.5) is 0 Å². The van der Waals surface area contributed by atoms with Crippen molar-refractivity contribution in [3.63, 3.8) is 0 Å². The Kier molecular flexibility index (Phi) is 6.02. The smallest absolute Gasteiger partial charge is 0.309 e. The van der Waals surface area contributed by atoms with Crippen molar-refractivity contribution in [1.82, 2.24) is 4.90 Å². The Morgan fingerprint density at radius 2 is 1.66 bits per heavy atom. The largest absolute Gasteiger partial charge is 0.481 e. The van der Waals surface area contributed by atoms with Crippen molar-refractivity contribution >= 4 is 17.7 Å². The summed E-state index contributed by atoms with van der Waals surface area (Å²) in [5.41, 5.74) is 6.36. The average Bonchev–Trinajstić information content (AvgIpc) is 2.70. The fourth-order valence-electron chi connectivity index (χ4n) is 3.64. The minimum absolute atomic E-state index is 0.192. The van der Waals surface area contributed by atoms with Gasteiger partial charge in [0.15, 0.2) is 0 Å². The maximum Gasteiger partial charge on any atom is 0.309 e. The van der Waals surface area contributed by atoms with Gasteiger partial charge in [-0.05, 0) is 40.8 Å². The highest BCUT2D eigenvalue weighted by molar-refractivity contribution is 7.98. The molecule has 29 heavy (non-hydrogen) atoms. The zero-order valence-electron chi connectivity index (χ0n) is 16.5. The van der Waals surface area contributed by atoms with Crippen LogP contribution in [-0.4, -0.2) is 29.1 Å². The SMILES string of the molecule is Cc1cc(-c2ccccc2)ccc1SCc1ccc(CN2CC(C(=O)O)C2)cc1. The summed E-state index contributed by atoms with van der Waals surface area (Å²) in [7, 11) is 0. The van der Waals surface area contributed by atoms with Crippen molar-refractivity contribution in [2.24, 2.45) is 5.92 Å². The first-order chi connectivity index (χ1) is 14.1. The van der Waals surface area contributed by atoms with Crippen molar-refractivity contribution in [2.75, 3.05) is 13.1 Å². The second-order valence-corrected chi connectivity index (χ2v) is 8.70. The van der Waals surface area contributed by atoms with Gasteiger partial charge >= 0.3 is 5.97 Å². The molecule has 0 atom stereocenters. The van der Waals surface area contributed by atoms with Crippen molar-refractivity contribution in [2.45, 2.75) is 24.1 Å². The first-order valence-corrected chi connectivity index (χ1v) is 10.9. The molecule has 148 valence electrons. The molecule has 0 unspecified atom stereocenters. The van der Waals surface area contributed by atoms with Crippen LogP contribution in [0.3, 0.4) is 0 Å². The van der Waals surface area contributed by atoms with E-state index in [0.29, 0.717) is 13.1 Å². The first kappa shape index (κ1) is 19.7. The molecule has 0 aliphatic carbocycles. The number of carboxylic acids is 1. The highest BCUT2D eigenvalue weighted by Crippen LogP contribution is 2.30. The molecule has 0 saturated carbocycles. The van der Waals surface area contributed by atoms with E-state index in [-0.39, 0.29) is 5.92 Å². The quantitative estimate of drug-likeness (QED) is 0.531. The molecule has 0 aromatic heterocycles. The van der Waals surface area contributed by atoms with E-state index >= 15 is 0 Å². The van der Waals surface area contributed by atoms with E-state index in [9.17, 15) is 4.79 Å². The maximum atomic E-state index is 10.9. The van der Waals surface area contributed by atoms with Crippen LogP contribution in [-0.2, 0) is 17.1 Å². The molecule has 0 amide bonds. The van der Waals surface area contributed by atoms with Crippen LogP contribution in [0.15, 0.2) is 77.7 Å². The zero-order valence-corrected chi connectivity index (χ0v) is 17.4. The third-order valence-corrected chi connectivity index (χ3v) is 6.66. The van der Waals surface area contributed by atoms with Crippen LogP contribution < -0.4 is 0 Å². The number of aryl methyl sites for hydroxylation is 1. The van der Waals surface area contributed by atoms with Gasteiger partial charge in [0.05, 0.1) is 5.92 Å². The fraction of sp³-hybridized carbons (Fsp3) is 0.240. The minimum atomic E-state index is -0.680. The predicted octanol–water partition coefficient (Wildman–Crippen LogP) is 5.47. The van der Waals surface area contributed by atoms with Gasteiger partial charge in [-0.3, -0.25) is 9.69 Å². The lowest BCUT2D eigenvalue weighted by atomic mass is 9.99. The number of nitrogens with zero attached hydrogens (tertiary/aromatic N) is 1. The Bertz CT molecular complexity index is 979.